The minimum atomic E-state index is -0.0294. The summed E-state index contributed by atoms with van der Waals surface area (Å²) in [4.78, 5) is 5.68. The van der Waals surface area contributed by atoms with Gasteiger partial charge in [0.2, 0.25) is 5.75 Å². The number of hydrogen-bond donors (Lipinski definition) is 1. The summed E-state index contributed by atoms with van der Waals surface area (Å²) >= 11 is 1.58. The molecule has 0 saturated heterocycles. The van der Waals surface area contributed by atoms with Crippen molar-refractivity contribution in [3.05, 3.63) is 22.7 Å². The Kier molecular flexibility index (Phi) is 4.69. The molecule has 0 radical (unpaired) electrons. The Morgan fingerprint density at radius 3 is 2.05 bits per heavy atom. The molecule has 21 heavy (non-hydrogen) atoms. The van der Waals surface area contributed by atoms with Gasteiger partial charge in [-0.2, -0.15) is 0 Å². The minimum absolute atomic E-state index is 0.0294. The third kappa shape index (κ3) is 2.96. The maximum atomic E-state index is 5.96. The van der Waals surface area contributed by atoms with E-state index in [4.69, 9.17) is 19.9 Å². The Labute approximate surface area is 128 Å². The first-order chi connectivity index (χ1) is 10.0. The maximum Gasteiger partial charge on any atom is 0.203 e. The van der Waals surface area contributed by atoms with Gasteiger partial charge < -0.3 is 19.9 Å². The SMILES string of the molecule is COc1cc(-c2nc(C)c(C(C)N)s2)cc(OC)c1OC. The molecule has 1 atom stereocenters. The highest BCUT2D eigenvalue weighted by Gasteiger charge is 2.18. The first-order valence-electron chi connectivity index (χ1n) is 6.55. The van der Waals surface area contributed by atoms with Crippen LogP contribution in [0.4, 0.5) is 0 Å². The van der Waals surface area contributed by atoms with E-state index in [2.05, 4.69) is 4.98 Å². The number of aromatic nitrogens is 1. The molecule has 0 aliphatic heterocycles. The van der Waals surface area contributed by atoms with E-state index in [0.29, 0.717) is 17.2 Å². The average Bonchev–Trinajstić information content (AvgIpc) is 2.87. The molecule has 0 saturated carbocycles. The molecular formula is C15H20N2O3S. The Balaban J connectivity index is 2.56. The predicted octanol–water partition coefficient (Wildman–Crippen LogP) is 3.16. The van der Waals surface area contributed by atoms with Crippen molar-refractivity contribution >= 4 is 11.3 Å². The zero-order valence-electron chi connectivity index (χ0n) is 12.9. The van der Waals surface area contributed by atoms with Gasteiger partial charge >= 0.3 is 0 Å². The molecule has 5 nitrogen and oxygen atoms in total. The molecule has 1 aromatic carbocycles. The molecular weight excluding hydrogens is 288 g/mol. The summed E-state index contributed by atoms with van der Waals surface area (Å²) < 4.78 is 16.1. The number of rotatable bonds is 5. The highest BCUT2D eigenvalue weighted by molar-refractivity contribution is 7.15. The Hall–Kier alpha value is -1.79. The second kappa shape index (κ2) is 6.32. The molecule has 6 heteroatoms. The van der Waals surface area contributed by atoms with Gasteiger partial charge in [-0.05, 0) is 26.0 Å². The smallest absolute Gasteiger partial charge is 0.203 e. The fourth-order valence-corrected chi connectivity index (χ4v) is 3.16. The van der Waals surface area contributed by atoms with Gasteiger partial charge in [0.05, 0.1) is 27.0 Å². The van der Waals surface area contributed by atoms with Crippen LogP contribution in [0.5, 0.6) is 17.2 Å². The van der Waals surface area contributed by atoms with Gasteiger partial charge in [0.1, 0.15) is 5.01 Å². The number of hydrogen-bond acceptors (Lipinski definition) is 6. The summed E-state index contributed by atoms with van der Waals surface area (Å²) in [7, 11) is 4.78. The van der Waals surface area contributed by atoms with E-state index in [9.17, 15) is 0 Å². The molecule has 0 spiro atoms. The van der Waals surface area contributed by atoms with Crippen LogP contribution in [0.3, 0.4) is 0 Å². The number of ether oxygens (including phenoxy) is 3. The van der Waals surface area contributed by atoms with Gasteiger partial charge in [-0.15, -0.1) is 11.3 Å². The second-order valence-corrected chi connectivity index (χ2v) is 5.70. The van der Waals surface area contributed by atoms with Crippen molar-refractivity contribution in [1.29, 1.82) is 0 Å². The van der Waals surface area contributed by atoms with Gasteiger partial charge in [-0.1, -0.05) is 0 Å². The van der Waals surface area contributed by atoms with Gasteiger partial charge in [0.15, 0.2) is 11.5 Å². The quantitative estimate of drug-likeness (QED) is 0.919. The van der Waals surface area contributed by atoms with Crippen LogP contribution in [0.25, 0.3) is 10.6 Å². The summed E-state index contributed by atoms with van der Waals surface area (Å²) in [6, 6.07) is 3.76. The van der Waals surface area contributed by atoms with Crippen molar-refractivity contribution in [3.8, 4) is 27.8 Å². The van der Waals surface area contributed by atoms with E-state index < -0.39 is 0 Å². The van der Waals surface area contributed by atoms with Crippen molar-refractivity contribution in [2.75, 3.05) is 21.3 Å². The normalized spacial score (nSPS) is 12.1. The zero-order valence-corrected chi connectivity index (χ0v) is 13.7. The van der Waals surface area contributed by atoms with E-state index in [0.717, 1.165) is 21.1 Å². The summed E-state index contributed by atoms with van der Waals surface area (Å²) in [6.45, 7) is 3.93. The number of nitrogens with zero attached hydrogens (tertiary/aromatic N) is 1. The lowest BCUT2D eigenvalue weighted by molar-refractivity contribution is 0.324. The third-order valence-electron chi connectivity index (χ3n) is 3.16. The minimum Gasteiger partial charge on any atom is -0.493 e. The molecule has 0 bridgehead atoms. The maximum absolute atomic E-state index is 5.96. The Morgan fingerprint density at radius 2 is 1.67 bits per heavy atom. The summed E-state index contributed by atoms with van der Waals surface area (Å²) in [5, 5.41) is 0.888. The molecule has 2 rings (SSSR count). The topological polar surface area (TPSA) is 66.6 Å². The van der Waals surface area contributed by atoms with Crippen molar-refractivity contribution < 1.29 is 14.2 Å². The molecule has 0 amide bonds. The van der Waals surface area contributed by atoms with Crippen molar-refractivity contribution in [2.45, 2.75) is 19.9 Å². The molecule has 0 aliphatic carbocycles. The second-order valence-electron chi connectivity index (χ2n) is 4.67. The van der Waals surface area contributed by atoms with E-state index in [1.165, 1.54) is 0 Å². The number of aryl methyl sites for hydroxylation is 1. The van der Waals surface area contributed by atoms with Crippen LogP contribution in [-0.4, -0.2) is 26.3 Å². The lowest BCUT2D eigenvalue weighted by Gasteiger charge is -2.13. The lowest BCUT2D eigenvalue weighted by atomic mass is 10.2. The molecule has 0 fully saturated rings. The van der Waals surface area contributed by atoms with Gasteiger partial charge in [0, 0.05) is 16.5 Å². The van der Waals surface area contributed by atoms with E-state index in [1.807, 2.05) is 26.0 Å². The molecule has 1 heterocycles. The summed E-state index contributed by atoms with van der Waals surface area (Å²) in [5.41, 5.74) is 7.84. The van der Waals surface area contributed by atoms with Crippen LogP contribution in [0.1, 0.15) is 23.5 Å². The highest BCUT2D eigenvalue weighted by atomic mass is 32.1. The van der Waals surface area contributed by atoms with Gasteiger partial charge in [0.25, 0.3) is 0 Å². The fourth-order valence-electron chi connectivity index (χ4n) is 2.16. The first-order valence-corrected chi connectivity index (χ1v) is 7.36. The van der Waals surface area contributed by atoms with Gasteiger partial charge in [-0.25, -0.2) is 4.98 Å². The van der Waals surface area contributed by atoms with Crippen LogP contribution in [0.2, 0.25) is 0 Å². The number of thiazole rings is 1. The largest absolute Gasteiger partial charge is 0.493 e. The summed E-state index contributed by atoms with van der Waals surface area (Å²) in [5.74, 6) is 1.80. The highest BCUT2D eigenvalue weighted by Crippen LogP contribution is 2.42. The standard InChI is InChI=1S/C15H20N2O3S/c1-8(16)14-9(2)17-15(21-14)10-6-11(18-3)13(20-5)12(7-10)19-4/h6-8H,16H2,1-5H3. The van der Waals surface area contributed by atoms with Gasteiger partial charge in [-0.3, -0.25) is 0 Å². The Bertz CT molecular complexity index is 613. The number of methoxy groups -OCH3 is 3. The van der Waals surface area contributed by atoms with Crippen molar-refractivity contribution in [2.24, 2.45) is 5.73 Å². The van der Waals surface area contributed by atoms with E-state index in [1.54, 1.807) is 32.7 Å². The monoisotopic (exact) mass is 308 g/mol. The fraction of sp³-hybridized carbons (Fsp3) is 0.400. The van der Waals surface area contributed by atoms with Crippen LogP contribution < -0.4 is 19.9 Å². The Morgan fingerprint density at radius 1 is 1.10 bits per heavy atom. The van der Waals surface area contributed by atoms with E-state index in [-0.39, 0.29) is 6.04 Å². The van der Waals surface area contributed by atoms with Crippen LogP contribution in [-0.2, 0) is 0 Å². The molecule has 0 aliphatic rings. The van der Waals surface area contributed by atoms with Crippen molar-refractivity contribution in [3.63, 3.8) is 0 Å². The average molecular weight is 308 g/mol. The van der Waals surface area contributed by atoms with E-state index >= 15 is 0 Å². The van der Waals surface area contributed by atoms with Crippen LogP contribution >= 0.6 is 11.3 Å². The molecule has 1 unspecified atom stereocenters. The lowest BCUT2D eigenvalue weighted by Crippen LogP contribution is -2.03. The van der Waals surface area contributed by atoms with Crippen LogP contribution in [0.15, 0.2) is 12.1 Å². The zero-order chi connectivity index (χ0) is 15.6. The first kappa shape index (κ1) is 15.6. The van der Waals surface area contributed by atoms with Crippen LogP contribution in [0, 0.1) is 6.92 Å². The third-order valence-corrected chi connectivity index (χ3v) is 4.57. The molecule has 114 valence electrons. The predicted molar refractivity (Wildman–Crippen MR) is 84.5 cm³/mol. The molecule has 2 N–H and O–H groups in total. The number of benzene rings is 1. The number of nitrogens with two attached hydrogens (primary N) is 1. The molecule has 1 aromatic heterocycles. The summed E-state index contributed by atoms with van der Waals surface area (Å²) in [6.07, 6.45) is 0. The molecule has 2 aromatic rings. The van der Waals surface area contributed by atoms with Crippen molar-refractivity contribution in [1.82, 2.24) is 4.98 Å².